The summed E-state index contributed by atoms with van der Waals surface area (Å²) in [5.41, 5.74) is 0.546. The van der Waals surface area contributed by atoms with Crippen molar-refractivity contribution in [1.29, 1.82) is 0 Å². The van der Waals surface area contributed by atoms with Crippen LogP contribution in [0.4, 0.5) is 4.39 Å². The average Bonchev–Trinajstić information content (AvgIpc) is 2.37. The maximum atomic E-state index is 13.7. The molecule has 100 valence electrons. The van der Waals surface area contributed by atoms with Crippen molar-refractivity contribution in [1.82, 2.24) is 10.2 Å². The van der Waals surface area contributed by atoms with Crippen molar-refractivity contribution >= 4 is 5.91 Å². The topological polar surface area (TPSA) is 32.3 Å². The molecule has 0 spiro atoms. The van der Waals surface area contributed by atoms with Crippen molar-refractivity contribution in [2.24, 2.45) is 5.92 Å². The number of halogens is 1. The first-order chi connectivity index (χ1) is 8.49. The van der Waals surface area contributed by atoms with Gasteiger partial charge < -0.3 is 10.2 Å². The first-order valence-corrected chi connectivity index (χ1v) is 6.14. The van der Waals surface area contributed by atoms with Crippen LogP contribution < -0.4 is 5.32 Å². The molecule has 0 saturated carbocycles. The van der Waals surface area contributed by atoms with Crippen molar-refractivity contribution in [2.45, 2.75) is 19.9 Å². The Morgan fingerprint density at radius 1 is 1.39 bits per heavy atom. The summed E-state index contributed by atoms with van der Waals surface area (Å²) < 4.78 is 13.7. The highest BCUT2D eigenvalue weighted by Crippen LogP contribution is 2.22. The molecule has 0 fully saturated rings. The van der Waals surface area contributed by atoms with Gasteiger partial charge in [0, 0.05) is 25.1 Å². The van der Waals surface area contributed by atoms with Crippen LogP contribution in [0.25, 0.3) is 0 Å². The molecule has 0 radical (unpaired) electrons. The van der Waals surface area contributed by atoms with E-state index in [4.69, 9.17) is 0 Å². The van der Waals surface area contributed by atoms with E-state index in [1.807, 2.05) is 20.9 Å². The van der Waals surface area contributed by atoms with Crippen LogP contribution in [0, 0.1) is 11.7 Å². The molecule has 0 bridgehead atoms. The molecule has 1 aromatic carbocycles. The molecule has 2 atom stereocenters. The van der Waals surface area contributed by atoms with Gasteiger partial charge in [0.1, 0.15) is 5.82 Å². The number of rotatable bonds is 5. The minimum absolute atomic E-state index is 0.0140. The number of hydrogen-bond donors (Lipinski definition) is 1. The lowest BCUT2D eigenvalue weighted by atomic mass is 10.0. The van der Waals surface area contributed by atoms with Crippen molar-refractivity contribution in [2.75, 3.05) is 20.6 Å². The van der Waals surface area contributed by atoms with E-state index in [-0.39, 0.29) is 23.7 Å². The van der Waals surface area contributed by atoms with E-state index in [0.717, 1.165) is 0 Å². The first-order valence-electron chi connectivity index (χ1n) is 6.14. The monoisotopic (exact) mass is 252 g/mol. The highest BCUT2D eigenvalue weighted by molar-refractivity contribution is 5.78. The third kappa shape index (κ3) is 3.29. The summed E-state index contributed by atoms with van der Waals surface area (Å²) in [6, 6.07) is 6.30. The summed E-state index contributed by atoms with van der Waals surface area (Å²) in [6.45, 7) is 4.32. The molecule has 4 heteroatoms. The molecule has 1 N–H and O–H groups in total. The van der Waals surface area contributed by atoms with Crippen LogP contribution in [0.5, 0.6) is 0 Å². The van der Waals surface area contributed by atoms with Crippen LogP contribution in [0.3, 0.4) is 0 Å². The molecule has 0 aromatic heterocycles. The number of nitrogens with zero attached hydrogens (tertiary/aromatic N) is 1. The number of amides is 1. The van der Waals surface area contributed by atoms with Gasteiger partial charge in [-0.05, 0) is 20.0 Å². The number of benzene rings is 1. The molecule has 1 amide bonds. The third-order valence-corrected chi connectivity index (χ3v) is 3.22. The van der Waals surface area contributed by atoms with E-state index in [1.54, 1.807) is 30.1 Å². The van der Waals surface area contributed by atoms with Crippen molar-refractivity contribution in [3.05, 3.63) is 35.6 Å². The Hall–Kier alpha value is -1.42. The summed E-state index contributed by atoms with van der Waals surface area (Å²) in [4.78, 5) is 13.7. The summed E-state index contributed by atoms with van der Waals surface area (Å²) in [7, 11) is 3.52. The molecule has 0 aliphatic carbocycles. The molecular weight excluding hydrogens is 231 g/mol. The van der Waals surface area contributed by atoms with E-state index < -0.39 is 0 Å². The smallest absolute Gasteiger partial charge is 0.226 e. The predicted octanol–water partition coefficient (Wildman–Crippen LogP) is 2.20. The van der Waals surface area contributed by atoms with Crippen LogP contribution in [0.15, 0.2) is 24.3 Å². The van der Waals surface area contributed by atoms with Crippen molar-refractivity contribution < 1.29 is 9.18 Å². The molecule has 1 aromatic rings. The summed E-state index contributed by atoms with van der Waals surface area (Å²) >= 11 is 0. The second-order valence-electron chi connectivity index (χ2n) is 4.61. The van der Waals surface area contributed by atoms with Crippen molar-refractivity contribution in [3.8, 4) is 0 Å². The number of hydrogen-bond acceptors (Lipinski definition) is 2. The van der Waals surface area contributed by atoms with Gasteiger partial charge in [0.15, 0.2) is 0 Å². The standard InChI is InChI=1S/C14H21FN2O/c1-10(9-16-3)14(18)17(4)11(2)12-7-5-6-8-13(12)15/h5-8,10-11,16H,9H2,1-4H3. The van der Waals surface area contributed by atoms with Gasteiger partial charge in [0.05, 0.1) is 6.04 Å². The Labute approximate surface area is 108 Å². The molecule has 2 unspecified atom stereocenters. The summed E-state index contributed by atoms with van der Waals surface area (Å²) in [5.74, 6) is -0.375. The SMILES string of the molecule is CNCC(C)C(=O)N(C)C(C)c1ccccc1F. The summed E-state index contributed by atoms with van der Waals surface area (Å²) in [5, 5.41) is 2.97. The van der Waals surface area contributed by atoms with E-state index in [1.165, 1.54) is 6.07 Å². The molecule has 0 aliphatic heterocycles. The first kappa shape index (κ1) is 14.6. The van der Waals surface area contributed by atoms with E-state index in [2.05, 4.69) is 5.32 Å². The average molecular weight is 252 g/mol. The molecular formula is C14H21FN2O. The lowest BCUT2D eigenvalue weighted by Gasteiger charge is -2.28. The Morgan fingerprint density at radius 2 is 2.00 bits per heavy atom. The second kappa shape index (κ2) is 6.50. The zero-order chi connectivity index (χ0) is 13.7. The Balaban J connectivity index is 2.81. The molecule has 0 heterocycles. The Bertz CT molecular complexity index is 409. The normalized spacial score (nSPS) is 14.1. The molecule has 0 aliphatic rings. The fourth-order valence-corrected chi connectivity index (χ4v) is 1.95. The molecule has 3 nitrogen and oxygen atoms in total. The van der Waals surface area contributed by atoms with Gasteiger partial charge in [-0.2, -0.15) is 0 Å². The van der Waals surface area contributed by atoms with Crippen LogP contribution in [-0.4, -0.2) is 31.4 Å². The van der Waals surface area contributed by atoms with E-state index in [0.29, 0.717) is 12.1 Å². The van der Waals surface area contributed by atoms with Gasteiger partial charge in [-0.1, -0.05) is 25.1 Å². The number of carbonyl (C=O) groups excluding carboxylic acids is 1. The van der Waals surface area contributed by atoms with Crippen LogP contribution in [0.2, 0.25) is 0 Å². The molecule has 18 heavy (non-hydrogen) atoms. The fraction of sp³-hybridized carbons (Fsp3) is 0.500. The van der Waals surface area contributed by atoms with Gasteiger partial charge in [-0.15, -0.1) is 0 Å². The van der Waals surface area contributed by atoms with Gasteiger partial charge in [0.2, 0.25) is 5.91 Å². The van der Waals surface area contributed by atoms with Crippen LogP contribution in [0.1, 0.15) is 25.5 Å². The number of nitrogens with one attached hydrogen (secondary N) is 1. The van der Waals surface area contributed by atoms with E-state index >= 15 is 0 Å². The Morgan fingerprint density at radius 3 is 2.56 bits per heavy atom. The third-order valence-electron chi connectivity index (χ3n) is 3.22. The fourth-order valence-electron chi connectivity index (χ4n) is 1.95. The maximum Gasteiger partial charge on any atom is 0.226 e. The van der Waals surface area contributed by atoms with Gasteiger partial charge >= 0.3 is 0 Å². The largest absolute Gasteiger partial charge is 0.339 e. The van der Waals surface area contributed by atoms with Crippen LogP contribution in [-0.2, 0) is 4.79 Å². The quantitative estimate of drug-likeness (QED) is 0.871. The predicted molar refractivity (Wildman–Crippen MR) is 70.7 cm³/mol. The minimum atomic E-state index is -0.272. The van der Waals surface area contributed by atoms with Gasteiger partial charge in [-0.3, -0.25) is 4.79 Å². The summed E-state index contributed by atoms with van der Waals surface area (Å²) in [6.07, 6.45) is 0. The van der Waals surface area contributed by atoms with Crippen molar-refractivity contribution in [3.63, 3.8) is 0 Å². The van der Waals surface area contributed by atoms with E-state index in [9.17, 15) is 9.18 Å². The highest BCUT2D eigenvalue weighted by Gasteiger charge is 2.23. The Kier molecular flexibility index (Phi) is 5.28. The van der Waals surface area contributed by atoms with Crippen LogP contribution >= 0.6 is 0 Å². The maximum absolute atomic E-state index is 13.7. The zero-order valence-corrected chi connectivity index (χ0v) is 11.4. The molecule has 0 saturated heterocycles. The minimum Gasteiger partial charge on any atom is -0.339 e. The van der Waals surface area contributed by atoms with Gasteiger partial charge in [0.25, 0.3) is 0 Å². The lowest BCUT2D eigenvalue weighted by molar-refractivity contribution is -0.135. The van der Waals surface area contributed by atoms with Gasteiger partial charge in [-0.25, -0.2) is 4.39 Å². The molecule has 1 rings (SSSR count). The second-order valence-corrected chi connectivity index (χ2v) is 4.61. The lowest BCUT2D eigenvalue weighted by Crippen LogP contribution is -2.37. The zero-order valence-electron chi connectivity index (χ0n) is 11.4. The highest BCUT2D eigenvalue weighted by atomic mass is 19.1. The number of carbonyl (C=O) groups is 1.